The molecule has 0 unspecified atom stereocenters. The van der Waals surface area contributed by atoms with E-state index in [0.717, 1.165) is 49.9 Å². The van der Waals surface area contributed by atoms with E-state index >= 15 is 0 Å². The van der Waals surface area contributed by atoms with E-state index in [4.69, 9.17) is 23.7 Å². The molecular weight excluding hydrogens is 518 g/mol. The van der Waals surface area contributed by atoms with Crippen LogP contribution in [0.2, 0.25) is 0 Å². The van der Waals surface area contributed by atoms with Crippen molar-refractivity contribution >= 4 is 11.9 Å². The Balaban J connectivity index is 1.52. The van der Waals surface area contributed by atoms with Gasteiger partial charge in [-0.05, 0) is 101 Å². The van der Waals surface area contributed by atoms with Gasteiger partial charge in [0.2, 0.25) is 6.79 Å². The molecule has 1 aromatic carbocycles. The van der Waals surface area contributed by atoms with Crippen LogP contribution in [0.1, 0.15) is 75.8 Å². The molecule has 40 heavy (non-hydrogen) atoms. The molecule has 1 aliphatic carbocycles. The highest BCUT2D eigenvalue weighted by Gasteiger charge is 2.58. The Kier molecular flexibility index (Phi) is 7.80. The maximum absolute atomic E-state index is 13.8. The van der Waals surface area contributed by atoms with E-state index in [0.29, 0.717) is 30.1 Å². The van der Waals surface area contributed by atoms with Crippen molar-refractivity contribution in [2.75, 3.05) is 34.1 Å². The minimum absolute atomic E-state index is 0.0686. The fraction of sp³-hybridized carbons (Fsp3) is 0.667. The summed E-state index contributed by atoms with van der Waals surface area (Å²) in [5.74, 6) is -0.0529. The average Bonchev–Trinajstić information content (AvgIpc) is 3.59. The number of benzene rings is 1. The minimum atomic E-state index is -2.12. The van der Waals surface area contributed by atoms with Crippen molar-refractivity contribution in [2.45, 2.75) is 94.0 Å². The number of rotatable bonds is 9. The van der Waals surface area contributed by atoms with Gasteiger partial charge in [0.15, 0.2) is 23.2 Å². The molecule has 1 spiro atoms. The van der Waals surface area contributed by atoms with Gasteiger partial charge in [-0.3, -0.25) is 9.69 Å². The smallest absolute Gasteiger partial charge is 0.339 e. The van der Waals surface area contributed by atoms with Gasteiger partial charge < -0.3 is 33.9 Å². The summed E-state index contributed by atoms with van der Waals surface area (Å²) in [7, 11) is 2.77. The van der Waals surface area contributed by atoms with Gasteiger partial charge in [-0.15, -0.1) is 0 Å². The number of nitrogens with zero attached hydrogens (tertiary/aromatic N) is 1. The van der Waals surface area contributed by atoms with Gasteiger partial charge in [0.25, 0.3) is 0 Å². The molecule has 0 bridgehead atoms. The van der Waals surface area contributed by atoms with Gasteiger partial charge in [0.1, 0.15) is 5.76 Å². The van der Waals surface area contributed by atoms with Gasteiger partial charge >= 0.3 is 11.9 Å². The Labute approximate surface area is 235 Å². The number of hydrogen-bond acceptors (Lipinski definition) is 10. The zero-order valence-corrected chi connectivity index (χ0v) is 23.9. The molecule has 0 amide bonds. The third-order valence-electron chi connectivity index (χ3n) is 8.84. The van der Waals surface area contributed by atoms with Crippen molar-refractivity contribution < 1.29 is 43.5 Å². The Morgan fingerprint density at radius 3 is 2.52 bits per heavy atom. The summed E-state index contributed by atoms with van der Waals surface area (Å²) in [6.07, 6.45) is 4.95. The fourth-order valence-corrected chi connectivity index (χ4v) is 6.91. The number of aryl methyl sites for hydroxylation is 1. The third-order valence-corrected chi connectivity index (χ3v) is 8.84. The van der Waals surface area contributed by atoms with Crippen LogP contribution >= 0.6 is 0 Å². The lowest BCUT2D eigenvalue weighted by Gasteiger charge is -2.43. The summed E-state index contributed by atoms with van der Waals surface area (Å²) in [5.41, 5.74) is -1.42. The topological polar surface area (TPSA) is 124 Å². The maximum atomic E-state index is 13.8. The second-order valence-electron chi connectivity index (χ2n) is 12.1. The number of aliphatic hydroxyl groups is 2. The molecule has 1 aromatic rings. The molecule has 10 heteroatoms. The van der Waals surface area contributed by atoms with Gasteiger partial charge in [-0.1, -0.05) is 0 Å². The first kappa shape index (κ1) is 28.7. The van der Waals surface area contributed by atoms with Crippen molar-refractivity contribution in [3.05, 3.63) is 35.1 Å². The minimum Gasteiger partial charge on any atom is -0.497 e. The highest BCUT2D eigenvalue weighted by Crippen LogP contribution is 2.55. The number of ether oxygens (including phenoxy) is 5. The Morgan fingerprint density at radius 2 is 1.82 bits per heavy atom. The van der Waals surface area contributed by atoms with E-state index in [9.17, 15) is 19.8 Å². The monoisotopic (exact) mass is 559 g/mol. The molecule has 0 saturated carbocycles. The van der Waals surface area contributed by atoms with Crippen LogP contribution in [-0.4, -0.2) is 84.0 Å². The normalized spacial score (nSPS) is 26.9. The second kappa shape index (κ2) is 10.9. The molecular formula is C30H41NO9. The number of methoxy groups -OCH3 is 2. The van der Waals surface area contributed by atoms with E-state index in [1.807, 2.05) is 12.1 Å². The van der Waals surface area contributed by atoms with Crippen molar-refractivity contribution in [2.24, 2.45) is 0 Å². The molecule has 220 valence electrons. The zero-order valence-electron chi connectivity index (χ0n) is 23.9. The van der Waals surface area contributed by atoms with E-state index in [-0.39, 0.29) is 19.1 Å². The standard InChI is InChI=1S/C30H41NO9/c1-28(2,34)9-6-11-30(35,17-24(32)37-4)27(33)40-26-23(36-3)16-29-10-7-13-31(29)12-5-8-19-14-21-22(39-18-38-21)15-20(19)25(26)29/h14-16,25-26,34-35H,5-13,17-18H2,1-4H3/t25-,26-,29+,30-/m1/s1. The van der Waals surface area contributed by atoms with Crippen molar-refractivity contribution in [3.63, 3.8) is 0 Å². The lowest BCUT2D eigenvalue weighted by Crippen LogP contribution is -2.51. The summed E-state index contributed by atoms with van der Waals surface area (Å²) in [4.78, 5) is 28.6. The first-order valence-electron chi connectivity index (χ1n) is 14.2. The van der Waals surface area contributed by atoms with Crippen LogP contribution in [0.25, 0.3) is 0 Å². The summed E-state index contributed by atoms with van der Waals surface area (Å²) >= 11 is 0. The highest BCUT2D eigenvalue weighted by atomic mass is 16.7. The van der Waals surface area contributed by atoms with Crippen LogP contribution in [0.3, 0.4) is 0 Å². The average molecular weight is 560 g/mol. The molecule has 2 N–H and O–H groups in total. The van der Waals surface area contributed by atoms with E-state index in [2.05, 4.69) is 11.0 Å². The molecule has 10 nitrogen and oxygen atoms in total. The van der Waals surface area contributed by atoms with Crippen LogP contribution in [-0.2, 0) is 30.2 Å². The maximum Gasteiger partial charge on any atom is 0.339 e. The van der Waals surface area contributed by atoms with Crippen LogP contribution in [0.5, 0.6) is 11.5 Å². The summed E-state index contributed by atoms with van der Waals surface area (Å²) < 4.78 is 28.3. The Hall–Kier alpha value is -2.82. The van der Waals surface area contributed by atoms with Gasteiger partial charge in [0, 0.05) is 0 Å². The van der Waals surface area contributed by atoms with E-state index in [1.54, 1.807) is 21.0 Å². The van der Waals surface area contributed by atoms with Gasteiger partial charge in [-0.2, -0.15) is 0 Å². The lowest BCUT2D eigenvalue weighted by molar-refractivity contribution is -0.178. The van der Waals surface area contributed by atoms with Crippen LogP contribution in [0.4, 0.5) is 0 Å². The molecule has 3 aliphatic heterocycles. The van der Waals surface area contributed by atoms with Crippen LogP contribution in [0, 0.1) is 0 Å². The largest absolute Gasteiger partial charge is 0.497 e. The molecule has 4 aliphatic rings. The molecule has 1 saturated heterocycles. The molecule has 1 fully saturated rings. The SMILES string of the molecule is COC(=O)C[C@](O)(CCCC(C)(C)O)C(=O)O[C@@H]1C(OC)=C[C@]23CCCN2CCCc2cc4c(cc2[C@H]13)OCO4. The number of fused-ring (bicyclic) bond motifs is 3. The number of hydrogen-bond donors (Lipinski definition) is 2. The number of carbonyl (C=O) groups excluding carboxylic acids is 2. The summed E-state index contributed by atoms with van der Waals surface area (Å²) in [6.45, 7) is 5.29. The van der Waals surface area contributed by atoms with Gasteiger partial charge in [0.05, 0.1) is 37.7 Å². The van der Waals surface area contributed by atoms with Crippen molar-refractivity contribution in [1.29, 1.82) is 0 Å². The molecule has 4 atom stereocenters. The Morgan fingerprint density at radius 1 is 1.10 bits per heavy atom. The lowest BCUT2D eigenvalue weighted by atomic mass is 9.75. The predicted octanol–water partition coefficient (Wildman–Crippen LogP) is 2.97. The van der Waals surface area contributed by atoms with Gasteiger partial charge in [-0.25, -0.2) is 4.79 Å². The third kappa shape index (κ3) is 5.29. The zero-order chi connectivity index (χ0) is 28.7. The molecule has 0 aromatic heterocycles. The Bertz CT molecular complexity index is 1170. The van der Waals surface area contributed by atoms with Crippen LogP contribution in [0.15, 0.2) is 24.0 Å². The summed E-state index contributed by atoms with van der Waals surface area (Å²) in [6, 6.07) is 4.03. The van der Waals surface area contributed by atoms with Crippen LogP contribution < -0.4 is 9.47 Å². The van der Waals surface area contributed by atoms with E-state index in [1.165, 1.54) is 7.11 Å². The highest BCUT2D eigenvalue weighted by molar-refractivity contribution is 5.86. The molecule has 3 heterocycles. The first-order valence-corrected chi connectivity index (χ1v) is 14.2. The second-order valence-corrected chi connectivity index (χ2v) is 12.1. The predicted molar refractivity (Wildman–Crippen MR) is 144 cm³/mol. The molecule has 0 radical (unpaired) electrons. The van der Waals surface area contributed by atoms with Crippen molar-refractivity contribution in [3.8, 4) is 11.5 Å². The quantitative estimate of drug-likeness (QED) is 0.437. The number of esters is 2. The summed E-state index contributed by atoms with van der Waals surface area (Å²) in [5, 5.41) is 21.7. The first-order chi connectivity index (χ1) is 19.0. The van der Waals surface area contributed by atoms with Crippen molar-refractivity contribution in [1.82, 2.24) is 4.90 Å². The molecule has 5 rings (SSSR count). The number of carbonyl (C=O) groups is 2. The van der Waals surface area contributed by atoms with E-state index < -0.39 is 41.2 Å². The fourth-order valence-electron chi connectivity index (χ4n) is 6.91.